The number of benzene rings is 7. The molecule has 0 unspecified atom stereocenters. The molecule has 7 aromatic carbocycles. The molecule has 0 aliphatic heterocycles. The normalized spacial score (nSPS) is 13.4. The lowest BCUT2D eigenvalue weighted by Crippen LogP contribution is -2.15. The smallest absolute Gasteiger partial charge is 0.0159 e. The van der Waals surface area contributed by atoms with Gasteiger partial charge in [0.25, 0.3) is 0 Å². The van der Waals surface area contributed by atoms with Crippen molar-refractivity contribution in [2.45, 2.75) is 39.0 Å². The molecule has 0 aromatic heterocycles. The molecule has 0 fully saturated rings. The van der Waals surface area contributed by atoms with E-state index in [1.165, 1.54) is 82.7 Å². The molecule has 7 aromatic rings. The maximum atomic E-state index is 2.48. The minimum atomic E-state index is -0.107. The number of fused-ring (bicyclic) bond motifs is 5. The first-order valence-electron chi connectivity index (χ1n) is 15.8. The highest BCUT2D eigenvalue weighted by molar-refractivity contribution is 6.21. The molecule has 1 aliphatic carbocycles. The van der Waals surface area contributed by atoms with Crippen LogP contribution in [-0.4, -0.2) is 0 Å². The molecule has 8 rings (SSSR count). The number of hydrogen-bond acceptors (Lipinski definition) is 0. The predicted octanol–water partition coefficient (Wildman–Crippen LogP) is 12.4. The Morgan fingerprint density at radius 1 is 0.409 bits per heavy atom. The fourth-order valence-electron chi connectivity index (χ4n) is 7.49. The van der Waals surface area contributed by atoms with E-state index >= 15 is 0 Å². The van der Waals surface area contributed by atoms with Gasteiger partial charge in [-0.05, 0) is 101 Å². The summed E-state index contributed by atoms with van der Waals surface area (Å²) in [5.41, 5.74) is 14.5. The van der Waals surface area contributed by atoms with E-state index in [9.17, 15) is 0 Å². The third kappa shape index (κ3) is 4.05. The molecule has 212 valence electrons. The lowest BCUT2D eigenvalue weighted by atomic mass is 9.80. The molecular weight excluding hydrogens is 528 g/mol. The van der Waals surface area contributed by atoms with Crippen molar-refractivity contribution >= 4 is 21.5 Å². The summed E-state index contributed by atoms with van der Waals surface area (Å²) in [6, 6.07) is 52.1. The summed E-state index contributed by atoms with van der Waals surface area (Å²) in [5, 5.41) is 5.18. The molecule has 0 spiro atoms. The van der Waals surface area contributed by atoms with Gasteiger partial charge in [0, 0.05) is 5.41 Å². The Morgan fingerprint density at radius 2 is 0.841 bits per heavy atom. The van der Waals surface area contributed by atoms with Crippen LogP contribution in [0.15, 0.2) is 140 Å². The molecule has 0 N–H and O–H groups in total. The lowest BCUT2D eigenvalue weighted by molar-refractivity contribution is 0.661. The van der Waals surface area contributed by atoms with Crippen molar-refractivity contribution in [1.82, 2.24) is 0 Å². The van der Waals surface area contributed by atoms with Gasteiger partial charge in [-0.3, -0.25) is 0 Å². The van der Waals surface area contributed by atoms with Gasteiger partial charge < -0.3 is 0 Å². The van der Waals surface area contributed by atoms with Gasteiger partial charge in [0.15, 0.2) is 0 Å². The van der Waals surface area contributed by atoms with Crippen molar-refractivity contribution in [1.29, 1.82) is 0 Å². The van der Waals surface area contributed by atoms with E-state index in [1.54, 1.807) is 0 Å². The molecule has 0 bridgehead atoms. The summed E-state index contributed by atoms with van der Waals surface area (Å²) in [5.74, 6) is 0.537. The van der Waals surface area contributed by atoms with E-state index in [-0.39, 0.29) is 5.41 Å². The molecule has 0 saturated heterocycles. The minimum absolute atomic E-state index is 0.107. The Kier molecular flexibility index (Phi) is 6.10. The zero-order valence-corrected chi connectivity index (χ0v) is 25.9. The Balaban J connectivity index is 1.30. The fourth-order valence-corrected chi connectivity index (χ4v) is 7.49. The monoisotopic (exact) mass is 564 g/mol. The summed E-state index contributed by atoms with van der Waals surface area (Å²) in [6.45, 7) is 9.28. The molecule has 0 heteroatoms. The van der Waals surface area contributed by atoms with E-state index in [0.717, 1.165) is 0 Å². The first kappa shape index (κ1) is 26.7. The summed E-state index contributed by atoms with van der Waals surface area (Å²) in [6.07, 6.45) is 0. The predicted molar refractivity (Wildman–Crippen MR) is 189 cm³/mol. The van der Waals surface area contributed by atoms with Crippen LogP contribution >= 0.6 is 0 Å². The highest BCUT2D eigenvalue weighted by Gasteiger charge is 2.36. The van der Waals surface area contributed by atoms with Crippen LogP contribution in [0.4, 0.5) is 0 Å². The van der Waals surface area contributed by atoms with E-state index < -0.39 is 0 Å². The Hall–Kier alpha value is -4.94. The van der Waals surface area contributed by atoms with Crippen LogP contribution in [0.5, 0.6) is 0 Å². The molecule has 0 radical (unpaired) electrons. The van der Waals surface area contributed by atoms with Gasteiger partial charge in [0.1, 0.15) is 0 Å². The van der Waals surface area contributed by atoms with Crippen molar-refractivity contribution in [3.05, 3.63) is 156 Å². The van der Waals surface area contributed by atoms with Crippen LogP contribution in [-0.2, 0) is 5.41 Å². The first-order valence-corrected chi connectivity index (χ1v) is 15.8. The number of rotatable bonds is 4. The summed E-state index contributed by atoms with van der Waals surface area (Å²) >= 11 is 0. The molecule has 0 nitrogen and oxygen atoms in total. The second-order valence-corrected chi connectivity index (χ2v) is 13.1. The van der Waals surface area contributed by atoms with Crippen molar-refractivity contribution in [2.75, 3.05) is 0 Å². The first-order chi connectivity index (χ1) is 21.4. The average molecular weight is 565 g/mol. The van der Waals surface area contributed by atoms with Crippen LogP contribution < -0.4 is 0 Å². The van der Waals surface area contributed by atoms with Crippen LogP contribution in [0.1, 0.15) is 50.3 Å². The van der Waals surface area contributed by atoms with Crippen molar-refractivity contribution in [3.8, 4) is 44.5 Å². The van der Waals surface area contributed by atoms with Gasteiger partial charge >= 0.3 is 0 Å². The summed E-state index contributed by atoms with van der Waals surface area (Å²) in [7, 11) is 0. The highest BCUT2D eigenvalue weighted by atomic mass is 14.4. The van der Waals surface area contributed by atoms with Crippen LogP contribution in [0.25, 0.3) is 66.1 Å². The van der Waals surface area contributed by atoms with Gasteiger partial charge in [0.2, 0.25) is 0 Å². The van der Waals surface area contributed by atoms with Crippen LogP contribution in [0.2, 0.25) is 0 Å². The highest BCUT2D eigenvalue weighted by Crippen LogP contribution is 2.52. The quantitative estimate of drug-likeness (QED) is 0.187. The zero-order chi connectivity index (χ0) is 30.0. The lowest BCUT2D eigenvalue weighted by Gasteiger charge is -2.23. The Labute approximate surface area is 260 Å². The van der Waals surface area contributed by atoms with E-state index in [1.807, 2.05) is 0 Å². The van der Waals surface area contributed by atoms with Gasteiger partial charge in [0.05, 0.1) is 0 Å². The Morgan fingerprint density at radius 3 is 1.36 bits per heavy atom. The third-order valence-corrected chi connectivity index (χ3v) is 9.87. The van der Waals surface area contributed by atoms with Gasteiger partial charge in [-0.2, -0.15) is 0 Å². The van der Waals surface area contributed by atoms with Gasteiger partial charge in [-0.1, -0.05) is 155 Å². The van der Waals surface area contributed by atoms with E-state index in [4.69, 9.17) is 0 Å². The topological polar surface area (TPSA) is 0 Å². The van der Waals surface area contributed by atoms with Crippen LogP contribution in [0, 0.1) is 0 Å². The number of hydrogen-bond donors (Lipinski definition) is 0. The van der Waals surface area contributed by atoms with E-state index in [0.29, 0.717) is 5.92 Å². The summed E-state index contributed by atoms with van der Waals surface area (Å²) in [4.78, 5) is 0. The van der Waals surface area contributed by atoms with Crippen LogP contribution in [0.3, 0.4) is 0 Å². The standard InChI is InChI=1S/C44H36/c1-28(2)29-18-20-30(21-19-29)32-22-24-34-35-25-23-33(27-41(35)44(3,4)40(34)26-32)43-38-16-10-8-14-36(38)42(31-12-6-5-7-13-31)37-15-9-11-17-39(37)43/h5-28H,1-4H3. The van der Waals surface area contributed by atoms with Gasteiger partial charge in [-0.25, -0.2) is 0 Å². The fraction of sp³-hybridized carbons (Fsp3) is 0.136. The second kappa shape index (κ2) is 10.1. The second-order valence-electron chi connectivity index (χ2n) is 13.1. The average Bonchev–Trinajstić information content (AvgIpc) is 3.29. The minimum Gasteiger partial charge on any atom is -0.0622 e. The molecule has 0 amide bonds. The van der Waals surface area contributed by atoms with Crippen molar-refractivity contribution in [2.24, 2.45) is 0 Å². The van der Waals surface area contributed by atoms with Gasteiger partial charge in [-0.15, -0.1) is 0 Å². The third-order valence-electron chi connectivity index (χ3n) is 9.87. The SMILES string of the molecule is CC(C)c1ccc(-c2ccc3c(c2)C(C)(C)c2cc(-c4c5ccccc5c(-c5ccccc5)c5ccccc45)ccc2-3)cc1. The molecule has 0 atom stereocenters. The van der Waals surface area contributed by atoms with E-state index in [2.05, 4.69) is 167 Å². The Bertz CT molecular complexity index is 2140. The molecular formula is C44H36. The largest absolute Gasteiger partial charge is 0.0622 e. The molecule has 0 heterocycles. The zero-order valence-electron chi connectivity index (χ0n) is 25.9. The van der Waals surface area contributed by atoms with Crippen molar-refractivity contribution in [3.63, 3.8) is 0 Å². The maximum absolute atomic E-state index is 2.48. The van der Waals surface area contributed by atoms with Crippen molar-refractivity contribution < 1.29 is 0 Å². The molecule has 44 heavy (non-hydrogen) atoms. The molecule has 0 saturated carbocycles. The summed E-state index contributed by atoms with van der Waals surface area (Å²) < 4.78 is 0. The maximum Gasteiger partial charge on any atom is 0.0159 e. The molecule has 1 aliphatic rings.